The molecule has 0 aliphatic rings. The zero-order valence-electron chi connectivity index (χ0n) is 9.96. The summed E-state index contributed by atoms with van der Waals surface area (Å²) >= 11 is 15.5. The number of ether oxygens (including phenoxy) is 1. The van der Waals surface area contributed by atoms with Gasteiger partial charge in [-0.25, -0.2) is 4.39 Å². The Bertz CT molecular complexity index is 604. The van der Waals surface area contributed by atoms with Gasteiger partial charge in [-0.2, -0.15) is 0 Å². The fourth-order valence-corrected chi connectivity index (χ4v) is 3.07. The zero-order chi connectivity index (χ0) is 14.0. The standard InChI is InChI=1S/C14H10BrCl2FO/c1-19-12-6-5-8(16)7-10(12)13(15)9-3-2-4-11(18)14(9)17/h2-7,13H,1H3. The second-order valence-corrected chi connectivity index (χ2v) is 5.62. The van der Waals surface area contributed by atoms with E-state index in [0.717, 1.165) is 5.56 Å². The summed E-state index contributed by atoms with van der Waals surface area (Å²) in [6.45, 7) is 0. The topological polar surface area (TPSA) is 9.23 Å². The minimum absolute atomic E-state index is 0.0893. The molecule has 2 rings (SSSR count). The molecule has 100 valence electrons. The molecule has 0 bridgehead atoms. The van der Waals surface area contributed by atoms with E-state index in [1.54, 1.807) is 37.4 Å². The summed E-state index contributed by atoms with van der Waals surface area (Å²) in [7, 11) is 1.57. The summed E-state index contributed by atoms with van der Waals surface area (Å²) in [6, 6.07) is 9.95. The van der Waals surface area contributed by atoms with Crippen molar-refractivity contribution in [2.75, 3.05) is 7.11 Å². The first-order valence-electron chi connectivity index (χ1n) is 5.46. The van der Waals surface area contributed by atoms with Crippen LogP contribution in [0, 0.1) is 5.82 Å². The van der Waals surface area contributed by atoms with Crippen LogP contribution in [0.4, 0.5) is 4.39 Å². The molecule has 0 radical (unpaired) electrons. The maximum Gasteiger partial charge on any atom is 0.142 e. The normalized spacial score (nSPS) is 12.3. The molecule has 0 spiro atoms. The van der Waals surface area contributed by atoms with E-state index in [1.807, 2.05) is 0 Å². The molecular weight excluding hydrogens is 354 g/mol. The highest BCUT2D eigenvalue weighted by Gasteiger charge is 2.19. The van der Waals surface area contributed by atoms with Gasteiger partial charge in [0.15, 0.2) is 0 Å². The lowest BCUT2D eigenvalue weighted by molar-refractivity contribution is 0.410. The van der Waals surface area contributed by atoms with E-state index in [0.29, 0.717) is 16.3 Å². The average Bonchev–Trinajstić information content (AvgIpc) is 2.41. The van der Waals surface area contributed by atoms with Crippen LogP contribution in [-0.2, 0) is 0 Å². The summed E-state index contributed by atoms with van der Waals surface area (Å²) in [6.07, 6.45) is 0. The van der Waals surface area contributed by atoms with Gasteiger partial charge in [-0.15, -0.1) is 0 Å². The maximum atomic E-state index is 13.5. The third kappa shape index (κ3) is 3.04. The minimum Gasteiger partial charge on any atom is -0.496 e. The van der Waals surface area contributed by atoms with Gasteiger partial charge < -0.3 is 4.74 Å². The summed E-state index contributed by atoms with van der Waals surface area (Å²) in [5.41, 5.74) is 1.42. The van der Waals surface area contributed by atoms with Crippen molar-refractivity contribution < 1.29 is 9.13 Å². The van der Waals surface area contributed by atoms with Crippen LogP contribution in [0.25, 0.3) is 0 Å². The number of methoxy groups -OCH3 is 1. The number of benzene rings is 2. The second-order valence-electron chi connectivity index (χ2n) is 3.89. The first-order valence-corrected chi connectivity index (χ1v) is 7.13. The number of rotatable bonds is 3. The van der Waals surface area contributed by atoms with Crippen molar-refractivity contribution in [2.45, 2.75) is 4.83 Å². The highest BCUT2D eigenvalue weighted by atomic mass is 79.9. The van der Waals surface area contributed by atoms with Crippen molar-refractivity contribution in [3.63, 3.8) is 0 Å². The van der Waals surface area contributed by atoms with Crippen molar-refractivity contribution >= 4 is 39.1 Å². The van der Waals surface area contributed by atoms with E-state index >= 15 is 0 Å². The van der Waals surface area contributed by atoms with Crippen molar-refractivity contribution in [3.05, 3.63) is 63.4 Å². The third-order valence-electron chi connectivity index (χ3n) is 2.72. The van der Waals surface area contributed by atoms with Gasteiger partial charge in [-0.05, 0) is 29.8 Å². The summed E-state index contributed by atoms with van der Waals surface area (Å²) < 4.78 is 18.8. The Morgan fingerprint density at radius 3 is 2.58 bits per heavy atom. The van der Waals surface area contributed by atoms with Crippen molar-refractivity contribution in [1.82, 2.24) is 0 Å². The van der Waals surface area contributed by atoms with Crippen LogP contribution in [0.2, 0.25) is 10.0 Å². The Balaban J connectivity index is 2.52. The summed E-state index contributed by atoms with van der Waals surface area (Å²) in [5, 5.41) is 0.666. The molecule has 19 heavy (non-hydrogen) atoms. The van der Waals surface area contributed by atoms with Gasteiger partial charge in [0.05, 0.1) is 17.0 Å². The van der Waals surface area contributed by atoms with E-state index in [-0.39, 0.29) is 9.85 Å². The Labute approximate surface area is 129 Å². The fourth-order valence-electron chi connectivity index (χ4n) is 1.79. The Kier molecular flexibility index (Phi) is 4.71. The van der Waals surface area contributed by atoms with Crippen LogP contribution < -0.4 is 4.74 Å². The highest BCUT2D eigenvalue weighted by molar-refractivity contribution is 9.09. The summed E-state index contributed by atoms with van der Waals surface area (Å²) in [4.78, 5) is -0.302. The Hall–Kier alpha value is -0.770. The molecular formula is C14H10BrCl2FO. The third-order valence-corrected chi connectivity index (χ3v) is 4.34. The first-order chi connectivity index (χ1) is 9.04. The molecule has 0 aliphatic carbocycles. The number of halogens is 4. The second kappa shape index (κ2) is 6.12. The molecule has 5 heteroatoms. The smallest absolute Gasteiger partial charge is 0.142 e. The van der Waals surface area contributed by atoms with Crippen molar-refractivity contribution in [2.24, 2.45) is 0 Å². The van der Waals surface area contributed by atoms with Gasteiger partial charge in [0.2, 0.25) is 0 Å². The molecule has 0 amide bonds. The van der Waals surface area contributed by atoms with Gasteiger partial charge in [-0.1, -0.05) is 51.3 Å². The lowest BCUT2D eigenvalue weighted by Gasteiger charge is -2.16. The zero-order valence-corrected chi connectivity index (χ0v) is 13.1. The van der Waals surface area contributed by atoms with Crippen LogP contribution in [0.3, 0.4) is 0 Å². The van der Waals surface area contributed by atoms with E-state index in [2.05, 4.69) is 15.9 Å². The van der Waals surface area contributed by atoms with Crippen LogP contribution in [0.5, 0.6) is 5.75 Å². The molecule has 0 saturated heterocycles. The van der Waals surface area contributed by atoms with Gasteiger partial charge in [0.25, 0.3) is 0 Å². The lowest BCUT2D eigenvalue weighted by atomic mass is 10.0. The van der Waals surface area contributed by atoms with Gasteiger partial charge in [-0.3, -0.25) is 0 Å². The fraction of sp³-hybridized carbons (Fsp3) is 0.143. The van der Waals surface area contributed by atoms with E-state index < -0.39 is 5.82 Å². The maximum absolute atomic E-state index is 13.5. The predicted molar refractivity (Wildman–Crippen MR) is 80.2 cm³/mol. The molecule has 0 aromatic heterocycles. The van der Waals surface area contributed by atoms with E-state index in [9.17, 15) is 4.39 Å². The van der Waals surface area contributed by atoms with Crippen LogP contribution in [0.15, 0.2) is 36.4 Å². The molecule has 1 unspecified atom stereocenters. The van der Waals surface area contributed by atoms with Crippen LogP contribution in [-0.4, -0.2) is 7.11 Å². The molecule has 2 aromatic carbocycles. The van der Waals surface area contributed by atoms with Gasteiger partial charge in [0, 0.05) is 10.6 Å². The van der Waals surface area contributed by atoms with E-state index in [1.165, 1.54) is 6.07 Å². The Morgan fingerprint density at radius 1 is 1.16 bits per heavy atom. The molecule has 0 N–H and O–H groups in total. The number of hydrogen-bond donors (Lipinski definition) is 0. The van der Waals surface area contributed by atoms with Crippen LogP contribution in [0.1, 0.15) is 16.0 Å². The molecule has 2 aromatic rings. The Morgan fingerprint density at radius 2 is 1.89 bits per heavy atom. The van der Waals surface area contributed by atoms with Crippen molar-refractivity contribution in [1.29, 1.82) is 0 Å². The number of hydrogen-bond acceptors (Lipinski definition) is 1. The molecule has 1 atom stereocenters. The minimum atomic E-state index is -0.454. The monoisotopic (exact) mass is 362 g/mol. The van der Waals surface area contributed by atoms with Crippen LogP contribution >= 0.6 is 39.1 Å². The molecule has 0 aliphatic heterocycles. The van der Waals surface area contributed by atoms with Crippen molar-refractivity contribution in [3.8, 4) is 5.75 Å². The molecule has 1 nitrogen and oxygen atoms in total. The predicted octanol–water partition coefficient (Wildman–Crippen LogP) is 5.63. The first kappa shape index (κ1) is 14.6. The van der Waals surface area contributed by atoms with Gasteiger partial charge in [0.1, 0.15) is 11.6 Å². The summed E-state index contributed by atoms with van der Waals surface area (Å²) in [5.74, 6) is 0.205. The molecule has 0 heterocycles. The average molecular weight is 364 g/mol. The molecule has 0 fully saturated rings. The quantitative estimate of drug-likeness (QED) is 0.642. The van der Waals surface area contributed by atoms with Gasteiger partial charge >= 0.3 is 0 Å². The largest absolute Gasteiger partial charge is 0.496 e. The molecule has 0 saturated carbocycles. The van der Waals surface area contributed by atoms with E-state index in [4.69, 9.17) is 27.9 Å². The lowest BCUT2D eigenvalue weighted by Crippen LogP contribution is -1.99. The number of alkyl halides is 1. The SMILES string of the molecule is COc1ccc(Cl)cc1C(Br)c1cccc(F)c1Cl. The highest BCUT2D eigenvalue weighted by Crippen LogP contribution is 2.41.